The molecule has 3 heteroatoms. The maximum Gasteiger partial charge on any atom is 0.419 e. The Kier molecular flexibility index (Phi) is 1.50. The van der Waals surface area contributed by atoms with Gasteiger partial charge in [0, 0.05) is 10.8 Å². The van der Waals surface area contributed by atoms with E-state index in [-0.39, 0.29) is 6.09 Å². The highest BCUT2D eigenvalue weighted by Crippen LogP contribution is 2.31. The van der Waals surface area contributed by atoms with Crippen LogP contribution in [0.25, 0.3) is 21.7 Å². The Morgan fingerprint density at radius 1 is 1.06 bits per heavy atom. The average Bonchev–Trinajstić information content (AvgIpc) is 2.89. The summed E-state index contributed by atoms with van der Waals surface area (Å²) in [4.78, 5) is 11.7. The first-order valence-corrected chi connectivity index (χ1v) is 5.54. The van der Waals surface area contributed by atoms with E-state index in [1.54, 1.807) is 4.57 Å². The summed E-state index contributed by atoms with van der Waals surface area (Å²) < 4.78 is 6.72. The van der Waals surface area contributed by atoms with Crippen LogP contribution in [0.2, 0.25) is 0 Å². The molecule has 3 aromatic rings. The molecule has 0 radical (unpaired) electrons. The zero-order chi connectivity index (χ0) is 11.4. The molecule has 1 aliphatic rings. The fourth-order valence-corrected chi connectivity index (χ4v) is 2.54. The van der Waals surface area contributed by atoms with E-state index in [4.69, 9.17) is 4.74 Å². The summed E-state index contributed by atoms with van der Waals surface area (Å²) in [5.41, 5.74) is 1.89. The molecule has 0 aliphatic carbocycles. The second kappa shape index (κ2) is 2.88. The molecule has 0 saturated heterocycles. The monoisotopic (exact) mass is 223 g/mol. The van der Waals surface area contributed by atoms with Crippen molar-refractivity contribution in [3.63, 3.8) is 0 Å². The predicted octanol–water partition coefficient (Wildman–Crippen LogP) is 3.29. The van der Waals surface area contributed by atoms with Gasteiger partial charge in [0.1, 0.15) is 6.61 Å². The molecule has 0 bridgehead atoms. The van der Waals surface area contributed by atoms with Gasteiger partial charge in [0.2, 0.25) is 0 Å². The van der Waals surface area contributed by atoms with E-state index in [0.29, 0.717) is 6.61 Å². The van der Waals surface area contributed by atoms with Crippen molar-refractivity contribution in [2.75, 3.05) is 0 Å². The van der Waals surface area contributed by atoms with Crippen LogP contribution in [0.4, 0.5) is 4.79 Å². The molecule has 0 saturated carbocycles. The lowest BCUT2D eigenvalue weighted by Gasteiger charge is -2.02. The zero-order valence-corrected chi connectivity index (χ0v) is 9.01. The lowest BCUT2D eigenvalue weighted by atomic mass is 10.1. The summed E-state index contributed by atoms with van der Waals surface area (Å²) >= 11 is 0. The summed E-state index contributed by atoms with van der Waals surface area (Å²) in [6, 6.07) is 14.2. The molecule has 0 unspecified atom stereocenters. The number of carbonyl (C=O) groups is 1. The van der Waals surface area contributed by atoms with Crippen molar-refractivity contribution in [3.05, 3.63) is 48.2 Å². The summed E-state index contributed by atoms with van der Waals surface area (Å²) in [6.07, 6.45) is -0.272. The molecule has 17 heavy (non-hydrogen) atoms. The van der Waals surface area contributed by atoms with Crippen LogP contribution >= 0.6 is 0 Å². The lowest BCUT2D eigenvalue weighted by molar-refractivity contribution is 0.162. The fraction of sp³-hybridized carbons (Fsp3) is 0.0714. The number of nitrogens with zero attached hydrogens (tertiary/aromatic N) is 1. The number of hydrogen-bond donors (Lipinski definition) is 0. The van der Waals surface area contributed by atoms with Crippen LogP contribution in [0.1, 0.15) is 5.69 Å². The van der Waals surface area contributed by atoms with Crippen LogP contribution in [0.15, 0.2) is 42.5 Å². The van der Waals surface area contributed by atoms with Crippen LogP contribution in [-0.2, 0) is 11.3 Å². The third kappa shape index (κ3) is 1.03. The minimum atomic E-state index is -0.272. The number of aromatic nitrogens is 1. The molecule has 2 aromatic carbocycles. The molecule has 3 nitrogen and oxygen atoms in total. The number of carbonyl (C=O) groups excluding carboxylic acids is 1. The Labute approximate surface area is 97.2 Å². The van der Waals surface area contributed by atoms with Crippen molar-refractivity contribution in [1.29, 1.82) is 0 Å². The third-order valence-corrected chi connectivity index (χ3v) is 3.29. The molecule has 0 spiro atoms. The van der Waals surface area contributed by atoms with Gasteiger partial charge in [-0.25, -0.2) is 9.36 Å². The van der Waals surface area contributed by atoms with Gasteiger partial charge in [-0.05, 0) is 11.5 Å². The third-order valence-electron chi connectivity index (χ3n) is 3.29. The smallest absolute Gasteiger partial charge is 0.419 e. The van der Waals surface area contributed by atoms with Gasteiger partial charge < -0.3 is 4.74 Å². The zero-order valence-electron chi connectivity index (χ0n) is 9.01. The Morgan fingerprint density at radius 3 is 2.82 bits per heavy atom. The van der Waals surface area contributed by atoms with Gasteiger partial charge in [-0.15, -0.1) is 0 Å². The van der Waals surface area contributed by atoms with Crippen molar-refractivity contribution in [2.45, 2.75) is 6.61 Å². The maximum absolute atomic E-state index is 11.7. The highest BCUT2D eigenvalue weighted by molar-refractivity contribution is 6.09. The van der Waals surface area contributed by atoms with Crippen molar-refractivity contribution in [3.8, 4) is 0 Å². The van der Waals surface area contributed by atoms with Gasteiger partial charge in [0.05, 0.1) is 11.2 Å². The highest BCUT2D eigenvalue weighted by atomic mass is 16.6. The second-order valence-corrected chi connectivity index (χ2v) is 4.25. The van der Waals surface area contributed by atoms with E-state index < -0.39 is 0 Å². The Bertz CT molecular complexity index is 770. The van der Waals surface area contributed by atoms with E-state index in [0.717, 1.165) is 27.4 Å². The number of cyclic esters (lactones) is 1. The average molecular weight is 223 g/mol. The molecule has 4 rings (SSSR count). The summed E-state index contributed by atoms with van der Waals surface area (Å²) in [5.74, 6) is 0. The minimum Gasteiger partial charge on any atom is -0.442 e. The summed E-state index contributed by atoms with van der Waals surface area (Å²) in [6.45, 7) is 0.377. The SMILES string of the molecule is O=C1OCc2cc3ccc4ccccc4c3n21. The van der Waals surface area contributed by atoms with Gasteiger partial charge in [0.25, 0.3) is 0 Å². The van der Waals surface area contributed by atoms with Gasteiger partial charge in [-0.2, -0.15) is 0 Å². The van der Waals surface area contributed by atoms with Gasteiger partial charge >= 0.3 is 6.09 Å². The van der Waals surface area contributed by atoms with Crippen LogP contribution in [0.5, 0.6) is 0 Å². The van der Waals surface area contributed by atoms with Crippen molar-refractivity contribution < 1.29 is 9.53 Å². The quantitative estimate of drug-likeness (QED) is 0.585. The van der Waals surface area contributed by atoms with Crippen LogP contribution < -0.4 is 0 Å². The van der Waals surface area contributed by atoms with Gasteiger partial charge in [0.15, 0.2) is 0 Å². The standard InChI is InChI=1S/C14H9NO2/c16-14-15-11(8-17-14)7-10-6-5-9-3-1-2-4-12(9)13(10)15/h1-7H,8H2. The fourth-order valence-electron chi connectivity index (χ4n) is 2.54. The van der Waals surface area contributed by atoms with Crippen molar-refractivity contribution >= 4 is 27.8 Å². The minimum absolute atomic E-state index is 0.272. The first kappa shape index (κ1) is 8.82. The molecule has 0 N–H and O–H groups in total. The normalized spacial score (nSPS) is 14.2. The Hall–Kier alpha value is -2.29. The predicted molar refractivity (Wildman–Crippen MR) is 65.0 cm³/mol. The van der Waals surface area contributed by atoms with Crippen LogP contribution in [0.3, 0.4) is 0 Å². The number of rotatable bonds is 0. The Balaban J connectivity index is 2.29. The molecule has 0 fully saturated rings. The van der Waals surface area contributed by atoms with Crippen LogP contribution in [0, 0.1) is 0 Å². The number of hydrogen-bond acceptors (Lipinski definition) is 2. The molecule has 82 valence electrons. The first-order valence-electron chi connectivity index (χ1n) is 5.54. The van der Waals surface area contributed by atoms with Gasteiger partial charge in [-0.3, -0.25) is 0 Å². The van der Waals surface area contributed by atoms with Crippen LogP contribution in [-0.4, -0.2) is 10.7 Å². The lowest BCUT2D eigenvalue weighted by Crippen LogP contribution is -2.04. The van der Waals surface area contributed by atoms with Gasteiger partial charge in [-0.1, -0.05) is 36.4 Å². The molecular formula is C14H9NO2. The second-order valence-electron chi connectivity index (χ2n) is 4.25. The van der Waals surface area contributed by atoms with Crippen molar-refractivity contribution in [2.24, 2.45) is 0 Å². The molecule has 1 aliphatic heterocycles. The largest absolute Gasteiger partial charge is 0.442 e. The molecular weight excluding hydrogens is 214 g/mol. The number of fused-ring (bicyclic) bond motifs is 5. The summed E-state index contributed by atoms with van der Waals surface area (Å²) in [7, 11) is 0. The molecule has 2 heterocycles. The first-order chi connectivity index (χ1) is 8.34. The topological polar surface area (TPSA) is 31.2 Å². The van der Waals surface area contributed by atoms with E-state index in [1.807, 2.05) is 24.3 Å². The van der Waals surface area contributed by atoms with Crippen molar-refractivity contribution in [1.82, 2.24) is 4.57 Å². The van der Waals surface area contributed by atoms with E-state index in [9.17, 15) is 4.79 Å². The molecule has 0 atom stereocenters. The summed E-state index contributed by atoms with van der Waals surface area (Å²) in [5, 5.41) is 3.33. The molecule has 0 amide bonds. The molecule has 1 aromatic heterocycles. The van der Waals surface area contributed by atoms with E-state index in [1.165, 1.54) is 0 Å². The van der Waals surface area contributed by atoms with E-state index >= 15 is 0 Å². The number of ether oxygens (including phenoxy) is 1. The maximum atomic E-state index is 11.7. The van der Waals surface area contributed by atoms with E-state index in [2.05, 4.69) is 18.2 Å². The Morgan fingerprint density at radius 2 is 1.88 bits per heavy atom. The highest BCUT2D eigenvalue weighted by Gasteiger charge is 2.24. The number of benzene rings is 2.